The molecule has 0 unspecified atom stereocenters. The van der Waals surface area contributed by atoms with Crippen LogP contribution in [0.5, 0.6) is 0 Å². The molecule has 0 aliphatic rings. The highest BCUT2D eigenvalue weighted by molar-refractivity contribution is 6.43. The SMILES string of the molecule is CN(C)C/C=C/C(=O)Cc1cccc(Cc2ncc(Cl)c(Cc3ccccc3C(=O)C(=O)N(C)C)n2)c1. The molecule has 0 atom stereocenters. The Morgan fingerprint density at radius 3 is 2.41 bits per heavy atom. The molecule has 0 aliphatic carbocycles. The predicted molar refractivity (Wildman–Crippen MR) is 145 cm³/mol. The normalized spacial score (nSPS) is 11.2. The van der Waals surface area contributed by atoms with Crippen molar-refractivity contribution in [3.63, 3.8) is 0 Å². The van der Waals surface area contributed by atoms with Gasteiger partial charge in [0, 0.05) is 51.7 Å². The minimum Gasteiger partial charge on any atom is -0.342 e. The fraction of sp³-hybridized carbons (Fsp3) is 0.276. The van der Waals surface area contributed by atoms with Crippen molar-refractivity contribution in [2.45, 2.75) is 19.3 Å². The summed E-state index contributed by atoms with van der Waals surface area (Å²) in [7, 11) is 6.99. The number of allylic oxidation sites excluding steroid dienone is 1. The lowest BCUT2D eigenvalue weighted by Gasteiger charge is -2.13. The van der Waals surface area contributed by atoms with E-state index in [0.717, 1.165) is 11.1 Å². The first-order chi connectivity index (χ1) is 17.6. The van der Waals surface area contributed by atoms with E-state index in [0.29, 0.717) is 47.1 Å². The molecule has 0 saturated heterocycles. The predicted octanol–water partition coefficient (Wildman–Crippen LogP) is 3.81. The largest absolute Gasteiger partial charge is 0.342 e. The molecule has 192 valence electrons. The van der Waals surface area contributed by atoms with Gasteiger partial charge in [0.05, 0.1) is 10.7 Å². The van der Waals surface area contributed by atoms with Gasteiger partial charge in [0.1, 0.15) is 5.82 Å². The van der Waals surface area contributed by atoms with Gasteiger partial charge in [-0.3, -0.25) is 14.4 Å². The van der Waals surface area contributed by atoms with Crippen molar-refractivity contribution >= 4 is 29.1 Å². The number of ketones is 2. The third-order valence-corrected chi connectivity index (χ3v) is 5.91. The molecular formula is C29H31ClN4O3. The number of rotatable bonds is 11. The van der Waals surface area contributed by atoms with Gasteiger partial charge in [0.15, 0.2) is 5.78 Å². The molecule has 0 N–H and O–H groups in total. The highest BCUT2D eigenvalue weighted by Crippen LogP contribution is 2.21. The van der Waals surface area contributed by atoms with Crippen LogP contribution in [0, 0.1) is 0 Å². The molecule has 1 aromatic heterocycles. The van der Waals surface area contributed by atoms with Crippen LogP contribution in [-0.4, -0.2) is 72.0 Å². The molecule has 7 nitrogen and oxygen atoms in total. The summed E-state index contributed by atoms with van der Waals surface area (Å²) in [4.78, 5) is 49.5. The summed E-state index contributed by atoms with van der Waals surface area (Å²) in [6.45, 7) is 0.715. The molecule has 3 rings (SSSR count). The van der Waals surface area contributed by atoms with E-state index in [4.69, 9.17) is 11.6 Å². The molecule has 0 saturated carbocycles. The highest BCUT2D eigenvalue weighted by Gasteiger charge is 2.21. The van der Waals surface area contributed by atoms with Gasteiger partial charge in [0.2, 0.25) is 0 Å². The maximum atomic E-state index is 12.7. The van der Waals surface area contributed by atoms with Crippen LogP contribution in [0.25, 0.3) is 0 Å². The van der Waals surface area contributed by atoms with Crippen molar-refractivity contribution in [2.75, 3.05) is 34.7 Å². The maximum absolute atomic E-state index is 12.7. The lowest BCUT2D eigenvalue weighted by Crippen LogP contribution is -2.30. The molecule has 1 amide bonds. The number of carbonyl (C=O) groups is 3. The van der Waals surface area contributed by atoms with Gasteiger partial charge >= 0.3 is 0 Å². The standard InChI is InChI=1S/C29H31ClN4O3/c1-33(2)14-8-12-23(35)16-20-9-7-10-21(15-20)17-27-31-19-25(30)26(32-27)18-22-11-5-6-13-24(22)28(36)29(37)34(3)4/h5-13,15,19H,14,16-18H2,1-4H3/b12-8+. The van der Waals surface area contributed by atoms with Crippen molar-refractivity contribution in [2.24, 2.45) is 0 Å². The van der Waals surface area contributed by atoms with Crippen LogP contribution < -0.4 is 0 Å². The van der Waals surface area contributed by atoms with E-state index < -0.39 is 11.7 Å². The third kappa shape index (κ3) is 8.17. The van der Waals surface area contributed by atoms with Crippen molar-refractivity contribution in [3.8, 4) is 0 Å². The third-order valence-electron chi connectivity index (χ3n) is 5.59. The average Bonchev–Trinajstić information content (AvgIpc) is 2.85. The summed E-state index contributed by atoms with van der Waals surface area (Å²) >= 11 is 6.41. The van der Waals surface area contributed by atoms with Crippen molar-refractivity contribution < 1.29 is 14.4 Å². The Balaban J connectivity index is 1.76. The minimum atomic E-state index is -0.589. The van der Waals surface area contributed by atoms with E-state index in [1.54, 1.807) is 44.6 Å². The van der Waals surface area contributed by atoms with Gasteiger partial charge < -0.3 is 9.80 Å². The van der Waals surface area contributed by atoms with E-state index in [9.17, 15) is 14.4 Å². The zero-order valence-electron chi connectivity index (χ0n) is 21.6. The zero-order valence-corrected chi connectivity index (χ0v) is 22.3. The number of aromatic nitrogens is 2. The summed E-state index contributed by atoms with van der Waals surface area (Å²) in [5.74, 6) is -0.547. The van der Waals surface area contributed by atoms with Crippen LogP contribution in [0.1, 0.15) is 38.6 Å². The number of halogens is 1. The number of hydrogen-bond acceptors (Lipinski definition) is 6. The molecule has 3 aromatic rings. The van der Waals surface area contributed by atoms with E-state index in [1.165, 1.54) is 4.90 Å². The highest BCUT2D eigenvalue weighted by atomic mass is 35.5. The average molecular weight is 519 g/mol. The number of benzene rings is 2. The van der Waals surface area contributed by atoms with E-state index in [1.807, 2.05) is 55.4 Å². The molecule has 0 radical (unpaired) electrons. The number of carbonyl (C=O) groups excluding carboxylic acids is 3. The Bertz CT molecular complexity index is 1320. The van der Waals surface area contributed by atoms with Gasteiger partial charge in [-0.15, -0.1) is 0 Å². The van der Waals surface area contributed by atoms with Gasteiger partial charge in [-0.2, -0.15) is 0 Å². The van der Waals surface area contributed by atoms with Gasteiger partial charge in [-0.05, 0) is 36.9 Å². The topological polar surface area (TPSA) is 83.5 Å². The summed E-state index contributed by atoms with van der Waals surface area (Å²) in [6.07, 6.45) is 6.10. The molecular weight excluding hydrogens is 488 g/mol. The monoisotopic (exact) mass is 518 g/mol. The summed E-state index contributed by atoms with van der Waals surface area (Å²) in [5, 5.41) is 0.383. The second-order valence-electron chi connectivity index (χ2n) is 9.25. The van der Waals surface area contributed by atoms with Crippen molar-refractivity contribution in [3.05, 3.63) is 106 Å². The van der Waals surface area contributed by atoms with Gasteiger partial charge in [0.25, 0.3) is 11.7 Å². The van der Waals surface area contributed by atoms with Crippen LogP contribution in [0.4, 0.5) is 0 Å². The first-order valence-corrected chi connectivity index (χ1v) is 12.3. The fourth-order valence-electron chi connectivity index (χ4n) is 3.73. The van der Waals surface area contributed by atoms with E-state index in [-0.39, 0.29) is 12.2 Å². The van der Waals surface area contributed by atoms with Crippen LogP contribution >= 0.6 is 11.6 Å². The quantitative estimate of drug-likeness (QED) is 0.218. The Morgan fingerprint density at radius 1 is 0.946 bits per heavy atom. The second-order valence-corrected chi connectivity index (χ2v) is 9.66. The molecule has 0 bridgehead atoms. The first kappa shape index (κ1) is 27.9. The van der Waals surface area contributed by atoms with Crippen LogP contribution in [0.15, 0.2) is 66.9 Å². The number of likely N-dealkylation sites (N-methyl/N-ethyl adjacent to an activating group) is 2. The summed E-state index contributed by atoms with van der Waals surface area (Å²) in [6, 6.07) is 14.8. The van der Waals surface area contributed by atoms with Gasteiger partial charge in [-0.25, -0.2) is 9.97 Å². The van der Waals surface area contributed by atoms with E-state index in [2.05, 4.69) is 9.97 Å². The van der Waals surface area contributed by atoms with Crippen molar-refractivity contribution in [1.29, 1.82) is 0 Å². The summed E-state index contributed by atoms with van der Waals surface area (Å²) in [5.41, 5.74) is 3.46. The van der Waals surface area contributed by atoms with E-state index >= 15 is 0 Å². The Morgan fingerprint density at radius 2 is 1.68 bits per heavy atom. The second kappa shape index (κ2) is 13.0. The number of nitrogens with zero attached hydrogens (tertiary/aromatic N) is 4. The summed E-state index contributed by atoms with van der Waals surface area (Å²) < 4.78 is 0. The molecule has 0 aliphatic heterocycles. The van der Waals surface area contributed by atoms with Crippen LogP contribution in [0.2, 0.25) is 5.02 Å². The maximum Gasteiger partial charge on any atom is 0.294 e. The zero-order chi connectivity index (χ0) is 26.9. The minimum absolute atomic E-state index is 0.0463. The number of hydrogen-bond donors (Lipinski definition) is 0. The van der Waals surface area contributed by atoms with Crippen LogP contribution in [0.3, 0.4) is 0 Å². The molecule has 0 fully saturated rings. The van der Waals surface area contributed by atoms with Gasteiger partial charge in [-0.1, -0.05) is 66.2 Å². The fourth-order valence-corrected chi connectivity index (χ4v) is 3.89. The number of amides is 1. The molecule has 1 heterocycles. The first-order valence-electron chi connectivity index (χ1n) is 11.9. The Hall–Kier alpha value is -3.68. The van der Waals surface area contributed by atoms with Crippen molar-refractivity contribution in [1.82, 2.24) is 19.8 Å². The van der Waals surface area contributed by atoms with Crippen LogP contribution in [-0.2, 0) is 28.9 Å². The molecule has 8 heteroatoms. The number of Topliss-reactive ketones (excluding diaryl/α,β-unsaturated/α-hetero) is 1. The molecule has 37 heavy (non-hydrogen) atoms. The Labute approximate surface area is 222 Å². The molecule has 0 spiro atoms. The smallest absolute Gasteiger partial charge is 0.294 e. The lowest BCUT2D eigenvalue weighted by molar-refractivity contribution is -0.124. The lowest BCUT2D eigenvalue weighted by atomic mass is 9.98. The Kier molecular flexibility index (Phi) is 9.83. The molecule has 2 aromatic carbocycles.